The van der Waals surface area contributed by atoms with Crippen LogP contribution >= 0.6 is 0 Å². The van der Waals surface area contributed by atoms with Gasteiger partial charge in [0.15, 0.2) is 0 Å². The molecule has 26 heavy (non-hydrogen) atoms. The SMILES string of the molecule is CCC(C)(N)C(=O)Oc1c2ccccc2cc2ccc(S(=O)(=O)O)cc12. The van der Waals surface area contributed by atoms with E-state index in [9.17, 15) is 17.8 Å². The van der Waals surface area contributed by atoms with Gasteiger partial charge in [-0.3, -0.25) is 4.55 Å². The molecule has 0 bridgehead atoms. The van der Waals surface area contributed by atoms with Gasteiger partial charge in [0.05, 0.1) is 4.90 Å². The molecule has 3 aromatic rings. The molecule has 1 atom stereocenters. The van der Waals surface area contributed by atoms with E-state index in [0.29, 0.717) is 22.6 Å². The summed E-state index contributed by atoms with van der Waals surface area (Å²) in [5, 5.41) is 2.55. The van der Waals surface area contributed by atoms with Crippen LogP contribution < -0.4 is 10.5 Å². The molecule has 0 spiro atoms. The van der Waals surface area contributed by atoms with Crippen molar-refractivity contribution in [3.63, 3.8) is 0 Å². The van der Waals surface area contributed by atoms with Crippen LogP contribution in [0, 0.1) is 0 Å². The van der Waals surface area contributed by atoms with Gasteiger partial charge in [0, 0.05) is 10.8 Å². The molecule has 0 saturated heterocycles. The van der Waals surface area contributed by atoms with E-state index in [0.717, 1.165) is 5.39 Å². The second-order valence-corrected chi connectivity index (χ2v) is 7.87. The molecule has 0 amide bonds. The van der Waals surface area contributed by atoms with E-state index in [2.05, 4.69) is 0 Å². The van der Waals surface area contributed by atoms with E-state index in [-0.39, 0.29) is 10.6 Å². The van der Waals surface area contributed by atoms with Gasteiger partial charge < -0.3 is 10.5 Å². The lowest BCUT2D eigenvalue weighted by Gasteiger charge is -2.21. The van der Waals surface area contributed by atoms with E-state index in [1.165, 1.54) is 12.1 Å². The molecule has 0 radical (unpaired) electrons. The fourth-order valence-corrected chi connectivity index (χ4v) is 3.13. The standard InChI is InChI=1S/C19H19NO5S/c1-3-19(2,20)18(21)25-17-15-7-5-4-6-12(15)10-13-8-9-14(11-16(13)17)26(22,23)24/h4-11H,3,20H2,1-2H3,(H,22,23,24). The Bertz CT molecular complexity index is 1120. The van der Waals surface area contributed by atoms with Crippen molar-refractivity contribution in [1.29, 1.82) is 0 Å². The van der Waals surface area contributed by atoms with Crippen molar-refractivity contribution in [3.8, 4) is 5.75 Å². The zero-order valence-corrected chi connectivity index (χ0v) is 15.2. The highest BCUT2D eigenvalue weighted by atomic mass is 32.2. The Labute approximate surface area is 151 Å². The first kappa shape index (κ1) is 18.3. The molecule has 6 nitrogen and oxygen atoms in total. The molecule has 0 aliphatic rings. The number of ether oxygens (including phenoxy) is 1. The summed E-state index contributed by atoms with van der Waals surface area (Å²) in [4.78, 5) is 12.2. The largest absolute Gasteiger partial charge is 0.424 e. The van der Waals surface area contributed by atoms with Crippen LogP contribution in [0.1, 0.15) is 20.3 Å². The average molecular weight is 373 g/mol. The number of carbonyl (C=O) groups is 1. The molecule has 136 valence electrons. The number of nitrogens with two attached hydrogens (primary N) is 1. The maximum Gasteiger partial charge on any atom is 0.331 e. The van der Waals surface area contributed by atoms with Gasteiger partial charge in [-0.15, -0.1) is 0 Å². The van der Waals surface area contributed by atoms with Gasteiger partial charge in [0.25, 0.3) is 10.1 Å². The lowest BCUT2D eigenvalue weighted by Crippen LogP contribution is -2.46. The van der Waals surface area contributed by atoms with Crippen LogP contribution in [0.2, 0.25) is 0 Å². The van der Waals surface area contributed by atoms with E-state index in [4.69, 9.17) is 10.5 Å². The summed E-state index contributed by atoms with van der Waals surface area (Å²) in [5.41, 5.74) is 4.81. The maximum absolute atomic E-state index is 12.5. The van der Waals surface area contributed by atoms with E-state index < -0.39 is 21.6 Å². The molecular formula is C19H19NO5S. The Balaban J connectivity index is 2.32. The highest BCUT2D eigenvalue weighted by molar-refractivity contribution is 7.85. The lowest BCUT2D eigenvalue weighted by molar-refractivity contribution is -0.139. The fraction of sp³-hybridized carbons (Fsp3) is 0.211. The van der Waals surface area contributed by atoms with Gasteiger partial charge in [-0.25, -0.2) is 4.79 Å². The summed E-state index contributed by atoms with van der Waals surface area (Å²) in [5.74, 6) is -0.395. The normalized spacial score (nSPS) is 14.3. The molecule has 3 N–H and O–H groups in total. The number of carbonyl (C=O) groups excluding carboxylic acids is 1. The number of fused-ring (bicyclic) bond motifs is 2. The summed E-state index contributed by atoms with van der Waals surface area (Å²) in [6, 6.07) is 13.3. The maximum atomic E-state index is 12.5. The fourth-order valence-electron chi connectivity index (χ4n) is 2.62. The van der Waals surface area contributed by atoms with Crippen molar-refractivity contribution < 1.29 is 22.5 Å². The predicted molar refractivity (Wildman–Crippen MR) is 99.8 cm³/mol. The molecule has 0 aromatic heterocycles. The zero-order chi connectivity index (χ0) is 19.1. The Morgan fingerprint density at radius 1 is 1.12 bits per heavy atom. The second-order valence-electron chi connectivity index (χ2n) is 6.45. The third kappa shape index (κ3) is 3.29. The first-order chi connectivity index (χ1) is 12.1. The zero-order valence-electron chi connectivity index (χ0n) is 14.4. The predicted octanol–water partition coefficient (Wildman–Crippen LogP) is 3.27. The van der Waals surface area contributed by atoms with Crippen LogP contribution in [-0.2, 0) is 14.9 Å². The number of rotatable bonds is 4. The molecule has 0 fully saturated rings. The molecule has 0 aliphatic heterocycles. The van der Waals surface area contributed by atoms with Crippen molar-refractivity contribution in [3.05, 3.63) is 48.5 Å². The van der Waals surface area contributed by atoms with Gasteiger partial charge in [-0.05, 0) is 42.3 Å². The van der Waals surface area contributed by atoms with Crippen molar-refractivity contribution in [2.45, 2.75) is 30.7 Å². The van der Waals surface area contributed by atoms with Crippen LogP contribution in [-0.4, -0.2) is 24.5 Å². The highest BCUT2D eigenvalue weighted by Gasteiger charge is 2.29. The van der Waals surface area contributed by atoms with Crippen molar-refractivity contribution in [2.24, 2.45) is 5.73 Å². The molecule has 0 saturated carbocycles. The van der Waals surface area contributed by atoms with Crippen LogP contribution in [0.25, 0.3) is 21.5 Å². The minimum absolute atomic E-state index is 0.221. The minimum Gasteiger partial charge on any atom is -0.424 e. The summed E-state index contributed by atoms with van der Waals surface area (Å²) >= 11 is 0. The summed E-state index contributed by atoms with van der Waals surface area (Å²) in [6.07, 6.45) is 0.380. The van der Waals surface area contributed by atoms with Gasteiger partial charge in [-0.1, -0.05) is 37.3 Å². The minimum atomic E-state index is -4.39. The van der Waals surface area contributed by atoms with E-state index in [1.54, 1.807) is 32.0 Å². The van der Waals surface area contributed by atoms with Crippen LogP contribution in [0.4, 0.5) is 0 Å². The molecule has 1 unspecified atom stereocenters. The van der Waals surface area contributed by atoms with Gasteiger partial charge in [-0.2, -0.15) is 8.42 Å². The smallest absolute Gasteiger partial charge is 0.331 e. The van der Waals surface area contributed by atoms with Crippen LogP contribution in [0.15, 0.2) is 53.4 Å². The van der Waals surface area contributed by atoms with Crippen molar-refractivity contribution >= 4 is 37.6 Å². The Morgan fingerprint density at radius 2 is 1.77 bits per heavy atom. The summed E-state index contributed by atoms with van der Waals surface area (Å²) < 4.78 is 38.0. The molecule has 3 aromatic carbocycles. The Morgan fingerprint density at radius 3 is 2.42 bits per heavy atom. The topological polar surface area (TPSA) is 107 Å². The molecule has 0 aliphatic carbocycles. The number of esters is 1. The first-order valence-corrected chi connectivity index (χ1v) is 9.51. The molecule has 7 heteroatoms. The number of hydrogen-bond acceptors (Lipinski definition) is 5. The highest BCUT2D eigenvalue weighted by Crippen LogP contribution is 2.36. The second kappa shape index (κ2) is 6.35. The molecular weight excluding hydrogens is 354 g/mol. The summed E-state index contributed by atoms with van der Waals surface area (Å²) in [7, 11) is -4.39. The Hall–Kier alpha value is -2.48. The molecule has 3 rings (SSSR count). The van der Waals surface area contributed by atoms with Crippen molar-refractivity contribution in [1.82, 2.24) is 0 Å². The monoisotopic (exact) mass is 373 g/mol. The van der Waals surface area contributed by atoms with Gasteiger partial charge >= 0.3 is 5.97 Å². The third-order valence-electron chi connectivity index (χ3n) is 4.48. The van der Waals surface area contributed by atoms with Crippen LogP contribution in [0.5, 0.6) is 5.75 Å². The summed E-state index contributed by atoms with van der Waals surface area (Å²) in [6.45, 7) is 3.35. The van der Waals surface area contributed by atoms with E-state index in [1.807, 2.05) is 18.2 Å². The average Bonchev–Trinajstić information content (AvgIpc) is 2.60. The number of hydrogen-bond donors (Lipinski definition) is 2. The number of benzene rings is 3. The lowest BCUT2D eigenvalue weighted by atomic mass is 10.00. The first-order valence-electron chi connectivity index (χ1n) is 8.07. The van der Waals surface area contributed by atoms with E-state index >= 15 is 0 Å². The molecule has 0 heterocycles. The van der Waals surface area contributed by atoms with Crippen molar-refractivity contribution in [2.75, 3.05) is 0 Å². The Kier molecular flexibility index (Phi) is 4.47. The van der Waals surface area contributed by atoms with Crippen LogP contribution in [0.3, 0.4) is 0 Å². The van der Waals surface area contributed by atoms with Gasteiger partial charge in [0.2, 0.25) is 0 Å². The quantitative estimate of drug-likeness (QED) is 0.315. The third-order valence-corrected chi connectivity index (χ3v) is 5.33. The van der Waals surface area contributed by atoms with Gasteiger partial charge in [0.1, 0.15) is 11.3 Å².